The van der Waals surface area contributed by atoms with Gasteiger partial charge in [0.05, 0.1) is 28.0 Å². The van der Waals surface area contributed by atoms with Crippen LogP contribution in [0.5, 0.6) is 0 Å². The Morgan fingerprint density at radius 3 is 2.21 bits per heavy atom. The van der Waals surface area contributed by atoms with E-state index in [1.807, 2.05) is 53.4 Å². The lowest BCUT2D eigenvalue weighted by Gasteiger charge is -2.25. The Morgan fingerprint density at radius 1 is 0.912 bits per heavy atom. The maximum atomic E-state index is 13.7. The number of thioether (sulfide) groups is 1. The lowest BCUT2D eigenvalue weighted by atomic mass is 10.0. The van der Waals surface area contributed by atoms with Gasteiger partial charge in [-0.05, 0) is 54.7 Å². The second-order valence-corrected chi connectivity index (χ2v) is 9.16. The van der Waals surface area contributed by atoms with Crippen LogP contribution < -0.4 is 10.5 Å². The zero-order chi connectivity index (χ0) is 23.5. The summed E-state index contributed by atoms with van der Waals surface area (Å²) in [7, 11) is 0. The van der Waals surface area contributed by atoms with Crippen LogP contribution in [0.1, 0.15) is 17.5 Å². The summed E-state index contributed by atoms with van der Waals surface area (Å²) < 4.78 is 1.57. The third-order valence-corrected chi connectivity index (χ3v) is 7.03. The van der Waals surface area contributed by atoms with Crippen LogP contribution in [0.3, 0.4) is 0 Å². The molecule has 0 unspecified atom stereocenters. The number of aliphatic hydroxyl groups excluding tert-OH is 1. The van der Waals surface area contributed by atoms with Gasteiger partial charge in [0.15, 0.2) is 5.16 Å². The standard InChI is InChI=1S/C27H25N3O3S/c31-17-7-16-29-26(33)21-10-3-4-11-22(21)28-27(29)34-18-25(32)30-23-12-5-1-8-19(23)14-15-20-9-2-6-13-24(20)30/h1-6,8-13,31H,7,14-18H2. The third kappa shape index (κ3) is 4.24. The van der Waals surface area contributed by atoms with E-state index in [0.29, 0.717) is 29.0 Å². The van der Waals surface area contributed by atoms with E-state index in [1.165, 1.54) is 11.8 Å². The fourth-order valence-electron chi connectivity index (χ4n) is 4.42. The number of fused-ring (bicyclic) bond motifs is 3. The molecule has 7 heteroatoms. The molecule has 34 heavy (non-hydrogen) atoms. The predicted octanol–water partition coefficient (Wildman–Crippen LogP) is 4.33. The fraction of sp³-hybridized carbons (Fsp3) is 0.222. The quantitative estimate of drug-likeness (QED) is 0.335. The molecule has 0 aliphatic carbocycles. The van der Waals surface area contributed by atoms with Gasteiger partial charge in [0, 0.05) is 13.2 Å². The van der Waals surface area contributed by atoms with Crippen molar-refractivity contribution in [2.45, 2.75) is 31.0 Å². The summed E-state index contributed by atoms with van der Waals surface area (Å²) in [6, 6.07) is 23.3. The molecule has 0 saturated carbocycles. The third-order valence-electron chi connectivity index (χ3n) is 6.07. The van der Waals surface area contributed by atoms with Gasteiger partial charge in [-0.1, -0.05) is 60.3 Å². The highest BCUT2D eigenvalue weighted by Crippen LogP contribution is 2.36. The Morgan fingerprint density at radius 2 is 1.53 bits per heavy atom. The molecule has 5 rings (SSSR count). The molecular weight excluding hydrogens is 446 g/mol. The van der Waals surface area contributed by atoms with Gasteiger partial charge in [-0.3, -0.25) is 19.1 Å². The van der Waals surface area contributed by atoms with Crippen LogP contribution in [-0.2, 0) is 24.2 Å². The summed E-state index contributed by atoms with van der Waals surface area (Å²) in [6.45, 7) is 0.322. The second kappa shape index (κ2) is 9.83. The molecule has 0 spiro atoms. The minimum atomic E-state index is -0.153. The van der Waals surface area contributed by atoms with E-state index in [0.717, 1.165) is 35.3 Å². The molecule has 6 nitrogen and oxygen atoms in total. The number of carbonyl (C=O) groups is 1. The van der Waals surface area contributed by atoms with Crippen LogP contribution in [0.25, 0.3) is 10.9 Å². The van der Waals surface area contributed by atoms with Crippen molar-refractivity contribution < 1.29 is 9.90 Å². The number of rotatable bonds is 6. The molecule has 4 aromatic rings. The van der Waals surface area contributed by atoms with Gasteiger partial charge >= 0.3 is 0 Å². The SMILES string of the molecule is O=C(CSc1nc2ccccc2c(=O)n1CCCO)N1c2ccccc2CCc2ccccc21. The lowest BCUT2D eigenvalue weighted by Crippen LogP contribution is -2.29. The molecule has 0 saturated heterocycles. The van der Waals surface area contributed by atoms with E-state index >= 15 is 0 Å². The maximum absolute atomic E-state index is 13.7. The van der Waals surface area contributed by atoms with Gasteiger partial charge in [-0.2, -0.15) is 0 Å². The summed E-state index contributed by atoms with van der Waals surface area (Å²) in [5.41, 5.74) is 4.54. The number of anilines is 2. The molecule has 0 radical (unpaired) electrons. The molecule has 1 amide bonds. The van der Waals surface area contributed by atoms with Crippen LogP contribution in [0, 0.1) is 0 Å². The molecule has 0 atom stereocenters. The van der Waals surface area contributed by atoms with Crippen LogP contribution >= 0.6 is 11.8 Å². The van der Waals surface area contributed by atoms with Gasteiger partial charge in [-0.15, -0.1) is 0 Å². The van der Waals surface area contributed by atoms with E-state index < -0.39 is 0 Å². The number of benzene rings is 3. The van der Waals surface area contributed by atoms with Crippen molar-refractivity contribution in [1.82, 2.24) is 9.55 Å². The van der Waals surface area contributed by atoms with Crippen molar-refractivity contribution in [2.75, 3.05) is 17.3 Å². The van der Waals surface area contributed by atoms with E-state index in [2.05, 4.69) is 17.1 Å². The normalized spacial score (nSPS) is 12.8. The Hall–Kier alpha value is -3.42. The highest BCUT2D eigenvalue weighted by molar-refractivity contribution is 7.99. The first-order chi connectivity index (χ1) is 16.7. The molecular formula is C27H25N3O3S. The van der Waals surface area contributed by atoms with Gasteiger partial charge in [0.2, 0.25) is 5.91 Å². The number of carbonyl (C=O) groups excluding carboxylic acids is 1. The summed E-state index contributed by atoms with van der Waals surface area (Å²) in [5.74, 6) is 0.0648. The van der Waals surface area contributed by atoms with Crippen molar-refractivity contribution >= 4 is 39.9 Å². The predicted molar refractivity (Wildman–Crippen MR) is 136 cm³/mol. The number of aromatic nitrogens is 2. The number of hydrogen-bond acceptors (Lipinski definition) is 5. The largest absolute Gasteiger partial charge is 0.396 e. The summed E-state index contributed by atoms with van der Waals surface area (Å²) in [5, 5.41) is 10.3. The van der Waals surface area contributed by atoms with E-state index in [4.69, 9.17) is 0 Å². The van der Waals surface area contributed by atoms with Crippen molar-refractivity contribution in [1.29, 1.82) is 0 Å². The number of nitrogens with zero attached hydrogens (tertiary/aromatic N) is 3. The van der Waals surface area contributed by atoms with E-state index in [9.17, 15) is 14.7 Å². The average Bonchev–Trinajstić information content (AvgIpc) is 3.04. The first kappa shape index (κ1) is 22.4. The van der Waals surface area contributed by atoms with Crippen LogP contribution in [-0.4, -0.2) is 32.9 Å². The first-order valence-corrected chi connectivity index (χ1v) is 12.4. The topological polar surface area (TPSA) is 75.4 Å². The summed E-state index contributed by atoms with van der Waals surface area (Å²) in [6.07, 6.45) is 2.18. The molecule has 1 N–H and O–H groups in total. The average molecular weight is 472 g/mol. The van der Waals surface area contributed by atoms with Crippen molar-refractivity contribution in [3.8, 4) is 0 Å². The Bertz CT molecular complexity index is 1370. The van der Waals surface area contributed by atoms with Crippen LogP contribution in [0.4, 0.5) is 11.4 Å². The minimum absolute atomic E-state index is 0.0242. The highest BCUT2D eigenvalue weighted by Gasteiger charge is 2.26. The molecule has 172 valence electrons. The van der Waals surface area contributed by atoms with Crippen LogP contribution in [0.15, 0.2) is 82.7 Å². The van der Waals surface area contributed by atoms with Gasteiger partial charge < -0.3 is 5.11 Å². The Kier molecular flexibility index (Phi) is 6.47. The van der Waals surface area contributed by atoms with Crippen molar-refractivity contribution in [3.05, 3.63) is 94.3 Å². The maximum Gasteiger partial charge on any atom is 0.262 e. The molecule has 3 aromatic carbocycles. The smallest absolute Gasteiger partial charge is 0.262 e. The Labute approximate surface area is 201 Å². The zero-order valence-electron chi connectivity index (χ0n) is 18.7. The van der Waals surface area contributed by atoms with E-state index in [1.54, 1.807) is 16.7 Å². The zero-order valence-corrected chi connectivity index (χ0v) is 19.5. The fourth-order valence-corrected chi connectivity index (χ4v) is 5.30. The summed E-state index contributed by atoms with van der Waals surface area (Å²) >= 11 is 1.26. The molecule has 1 aliphatic rings. The number of aryl methyl sites for hydroxylation is 2. The van der Waals surface area contributed by atoms with Gasteiger partial charge in [0.25, 0.3) is 5.56 Å². The number of para-hydroxylation sites is 3. The van der Waals surface area contributed by atoms with Gasteiger partial charge in [-0.25, -0.2) is 4.98 Å². The molecule has 2 heterocycles. The molecule has 0 bridgehead atoms. The van der Waals surface area contributed by atoms with Gasteiger partial charge in [0.1, 0.15) is 0 Å². The second-order valence-electron chi connectivity index (χ2n) is 8.22. The van der Waals surface area contributed by atoms with Crippen molar-refractivity contribution in [2.24, 2.45) is 0 Å². The van der Waals surface area contributed by atoms with Crippen LogP contribution in [0.2, 0.25) is 0 Å². The minimum Gasteiger partial charge on any atom is -0.396 e. The number of amides is 1. The van der Waals surface area contributed by atoms with E-state index in [-0.39, 0.29) is 23.8 Å². The highest BCUT2D eigenvalue weighted by atomic mass is 32.2. The molecule has 1 aromatic heterocycles. The number of hydrogen-bond donors (Lipinski definition) is 1. The van der Waals surface area contributed by atoms with Crippen molar-refractivity contribution in [3.63, 3.8) is 0 Å². The molecule has 1 aliphatic heterocycles. The lowest BCUT2D eigenvalue weighted by molar-refractivity contribution is -0.115. The number of aliphatic hydroxyl groups is 1. The first-order valence-electron chi connectivity index (χ1n) is 11.4. The molecule has 0 fully saturated rings. The Balaban J connectivity index is 1.50. The monoisotopic (exact) mass is 471 g/mol. The summed E-state index contributed by atoms with van der Waals surface area (Å²) in [4.78, 5) is 33.3.